The van der Waals surface area contributed by atoms with E-state index in [1.165, 1.54) is 11.3 Å². The fourth-order valence-electron chi connectivity index (χ4n) is 1.88. The Bertz CT molecular complexity index is 583. The van der Waals surface area contributed by atoms with Crippen molar-refractivity contribution in [3.63, 3.8) is 0 Å². The van der Waals surface area contributed by atoms with Gasteiger partial charge in [0.25, 0.3) is 0 Å². The van der Waals surface area contributed by atoms with Gasteiger partial charge in [0.15, 0.2) is 5.96 Å². The van der Waals surface area contributed by atoms with E-state index in [9.17, 15) is 5.11 Å². The third-order valence-corrected chi connectivity index (χ3v) is 4.27. The van der Waals surface area contributed by atoms with Gasteiger partial charge in [-0.1, -0.05) is 11.6 Å². The molecule has 2 rings (SSSR count). The van der Waals surface area contributed by atoms with E-state index >= 15 is 0 Å². The van der Waals surface area contributed by atoms with E-state index < -0.39 is 6.10 Å². The number of hydrogen-bond donors (Lipinski definition) is 3. The molecule has 0 bridgehead atoms. The third kappa shape index (κ3) is 5.36. The standard InChI is InChI=1S/C15H20ClN3O2S/c1-2-17-15(18-8-7-11-4-3-9-21-11)19-10-12(20)13-5-6-14(16)22-13/h3-6,9,12,20H,2,7-8,10H2,1H3,(H2,17,18,19). The minimum atomic E-state index is -0.641. The molecule has 0 saturated heterocycles. The number of thiophene rings is 1. The minimum absolute atomic E-state index is 0.285. The van der Waals surface area contributed by atoms with Crippen molar-refractivity contribution >= 4 is 28.9 Å². The quantitative estimate of drug-likeness (QED) is 0.535. The van der Waals surface area contributed by atoms with E-state index in [4.69, 9.17) is 16.0 Å². The summed E-state index contributed by atoms with van der Waals surface area (Å²) in [4.78, 5) is 5.21. The molecule has 0 aliphatic rings. The number of nitrogens with one attached hydrogen (secondary N) is 2. The maximum Gasteiger partial charge on any atom is 0.191 e. The lowest BCUT2D eigenvalue weighted by Gasteiger charge is -2.12. The molecule has 0 aliphatic heterocycles. The minimum Gasteiger partial charge on any atom is -0.469 e. The number of rotatable bonds is 7. The van der Waals surface area contributed by atoms with Crippen molar-refractivity contribution in [1.29, 1.82) is 0 Å². The molecule has 1 atom stereocenters. The normalized spacial score (nSPS) is 13.1. The van der Waals surface area contributed by atoms with Crippen molar-refractivity contribution in [2.75, 3.05) is 19.6 Å². The molecule has 22 heavy (non-hydrogen) atoms. The monoisotopic (exact) mass is 341 g/mol. The van der Waals surface area contributed by atoms with Crippen LogP contribution in [0.1, 0.15) is 23.7 Å². The van der Waals surface area contributed by atoms with Gasteiger partial charge in [0.2, 0.25) is 0 Å². The predicted molar refractivity (Wildman–Crippen MR) is 90.7 cm³/mol. The summed E-state index contributed by atoms with van der Waals surface area (Å²) in [6.07, 6.45) is 1.80. The Kier molecular flexibility index (Phi) is 6.76. The molecule has 2 aromatic heterocycles. The molecular formula is C15H20ClN3O2S. The van der Waals surface area contributed by atoms with Gasteiger partial charge in [-0.15, -0.1) is 11.3 Å². The Morgan fingerprint density at radius 3 is 2.91 bits per heavy atom. The van der Waals surface area contributed by atoms with Gasteiger partial charge in [-0.05, 0) is 31.2 Å². The van der Waals surface area contributed by atoms with E-state index in [2.05, 4.69) is 15.6 Å². The SMILES string of the molecule is CCNC(=NCC(O)c1ccc(Cl)s1)NCCc1ccco1. The van der Waals surface area contributed by atoms with Crippen molar-refractivity contribution in [3.05, 3.63) is 45.5 Å². The van der Waals surface area contributed by atoms with Gasteiger partial charge in [-0.25, -0.2) is 0 Å². The lowest BCUT2D eigenvalue weighted by molar-refractivity contribution is 0.191. The van der Waals surface area contributed by atoms with E-state index in [1.54, 1.807) is 12.3 Å². The molecule has 2 aromatic rings. The lowest BCUT2D eigenvalue weighted by Crippen LogP contribution is -2.38. The average molecular weight is 342 g/mol. The first kappa shape index (κ1) is 16.9. The number of halogens is 1. The van der Waals surface area contributed by atoms with E-state index in [1.807, 2.05) is 25.1 Å². The Morgan fingerprint density at radius 2 is 2.27 bits per heavy atom. The first-order valence-corrected chi connectivity index (χ1v) is 8.36. The van der Waals surface area contributed by atoms with Crippen LogP contribution in [0.5, 0.6) is 0 Å². The Balaban J connectivity index is 1.83. The Morgan fingerprint density at radius 1 is 1.41 bits per heavy atom. The predicted octanol–water partition coefficient (Wildman–Crippen LogP) is 2.83. The van der Waals surface area contributed by atoms with Crippen LogP contribution in [0.2, 0.25) is 4.34 Å². The Labute approximate surface area is 139 Å². The van der Waals surface area contributed by atoms with Gasteiger partial charge < -0.3 is 20.2 Å². The number of furan rings is 1. The molecule has 0 spiro atoms. The highest BCUT2D eigenvalue weighted by Gasteiger charge is 2.10. The largest absolute Gasteiger partial charge is 0.469 e. The van der Waals surface area contributed by atoms with Gasteiger partial charge in [-0.2, -0.15) is 0 Å². The number of aliphatic imine (C=N–C) groups is 1. The molecule has 2 heterocycles. The molecule has 0 fully saturated rings. The summed E-state index contributed by atoms with van der Waals surface area (Å²) in [5, 5.41) is 16.5. The van der Waals surface area contributed by atoms with Crippen LogP contribution in [-0.2, 0) is 6.42 Å². The summed E-state index contributed by atoms with van der Waals surface area (Å²) in [6.45, 7) is 3.75. The number of hydrogen-bond acceptors (Lipinski definition) is 4. The van der Waals surface area contributed by atoms with Crippen LogP contribution in [0, 0.1) is 0 Å². The van der Waals surface area contributed by atoms with Gasteiger partial charge in [-0.3, -0.25) is 4.99 Å². The van der Waals surface area contributed by atoms with Crippen molar-refractivity contribution in [2.24, 2.45) is 4.99 Å². The molecule has 7 heteroatoms. The van der Waals surface area contributed by atoms with E-state index in [0.29, 0.717) is 16.8 Å². The van der Waals surface area contributed by atoms with Crippen molar-refractivity contribution in [1.82, 2.24) is 10.6 Å². The summed E-state index contributed by atoms with van der Waals surface area (Å²) >= 11 is 7.24. The summed E-state index contributed by atoms with van der Waals surface area (Å²) in [6, 6.07) is 7.42. The molecule has 1 unspecified atom stereocenters. The van der Waals surface area contributed by atoms with Crippen molar-refractivity contribution in [2.45, 2.75) is 19.4 Å². The lowest BCUT2D eigenvalue weighted by atomic mass is 10.3. The maximum absolute atomic E-state index is 10.1. The molecule has 0 aromatic carbocycles. The zero-order valence-electron chi connectivity index (χ0n) is 12.4. The first-order chi connectivity index (χ1) is 10.7. The number of nitrogens with zero attached hydrogens (tertiary/aromatic N) is 1. The highest BCUT2D eigenvalue weighted by molar-refractivity contribution is 7.16. The second kappa shape index (κ2) is 8.82. The number of aliphatic hydroxyl groups excluding tert-OH is 1. The van der Waals surface area contributed by atoms with Gasteiger partial charge in [0, 0.05) is 24.4 Å². The molecule has 3 N–H and O–H groups in total. The molecule has 0 saturated carbocycles. The van der Waals surface area contributed by atoms with Crippen LogP contribution >= 0.6 is 22.9 Å². The molecule has 120 valence electrons. The summed E-state index contributed by atoms with van der Waals surface area (Å²) < 4.78 is 5.95. The molecule has 0 amide bonds. The summed E-state index contributed by atoms with van der Waals surface area (Å²) in [5.74, 6) is 1.60. The number of aliphatic hydroxyl groups is 1. The summed E-state index contributed by atoms with van der Waals surface area (Å²) in [7, 11) is 0. The van der Waals surface area contributed by atoms with Gasteiger partial charge in [0.1, 0.15) is 11.9 Å². The van der Waals surface area contributed by atoms with Gasteiger partial charge >= 0.3 is 0 Å². The topological polar surface area (TPSA) is 69.8 Å². The smallest absolute Gasteiger partial charge is 0.191 e. The van der Waals surface area contributed by atoms with Crippen LogP contribution in [0.15, 0.2) is 39.9 Å². The molecule has 0 aliphatic carbocycles. The van der Waals surface area contributed by atoms with E-state index in [0.717, 1.165) is 23.6 Å². The molecule has 0 radical (unpaired) electrons. The van der Waals surface area contributed by atoms with Crippen molar-refractivity contribution in [3.8, 4) is 0 Å². The first-order valence-electron chi connectivity index (χ1n) is 7.17. The highest BCUT2D eigenvalue weighted by atomic mass is 35.5. The van der Waals surface area contributed by atoms with Crippen LogP contribution in [0.25, 0.3) is 0 Å². The van der Waals surface area contributed by atoms with Crippen molar-refractivity contribution < 1.29 is 9.52 Å². The third-order valence-electron chi connectivity index (χ3n) is 2.93. The average Bonchev–Trinajstić information content (AvgIpc) is 3.16. The molecular weight excluding hydrogens is 322 g/mol. The van der Waals surface area contributed by atoms with Crippen LogP contribution in [0.4, 0.5) is 0 Å². The zero-order chi connectivity index (χ0) is 15.8. The fraction of sp³-hybridized carbons (Fsp3) is 0.400. The van der Waals surface area contributed by atoms with Gasteiger partial charge in [0.05, 0.1) is 17.1 Å². The Hall–Kier alpha value is -1.50. The second-order valence-electron chi connectivity index (χ2n) is 4.63. The molecule has 5 nitrogen and oxygen atoms in total. The highest BCUT2D eigenvalue weighted by Crippen LogP contribution is 2.26. The number of guanidine groups is 1. The second-order valence-corrected chi connectivity index (χ2v) is 6.38. The van der Waals surface area contributed by atoms with Crippen LogP contribution < -0.4 is 10.6 Å². The van der Waals surface area contributed by atoms with Crippen LogP contribution in [0.3, 0.4) is 0 Å². The zero-order valence-corrected chi connectivity index (χ0v) is 14.0. The summed E-state index contributed by atoms with van der Waals surface area (Å²) in [5.41, 5.74) is 0. The fourth-order valence-corrected chi connectivity index (χ4v) is 2.91. The van der Waals surface area contributed by atoms with Crippen LogP contribution in [-0.4, -0.2) is 30.7 Å². The maximum atomic E-state index is 10.1. The van der Waals surface area contributed by atoms with E-state index in [-0.39, 0.29) is 6.54 Å².